The Bertz CT molecular complexity index is 437. The Morgan fingerprint density at radius 2 is 2.00 bits per heavy atom. The van der Waals surface area contributed by atoms with Gasteiger partial charge in [0.25, 0.3) is 0 Å². The monoisotopic (exact) mass is 290 g/mol. The van der Waals surface area contributed by atoms with Crippen LogP contribution in [-0.4, -0.2) is 24.6 Å². The van der Waals surface area contributed by atoms with Gasteiger partial charge in [0.15, 0.2) is 0 Å². The second-order valence-corrected chi connectivity index (χ2v) is 6.22. The van der Waals surface area contributed by atoms with E-state index >= 15 is 0 Å². The molecule has 1 atom stereocenters. The zero-order valence-electron chi connectivity index (χ0n) is 13.8. The fraction of sp³-hybridized carbons (Fsp3) is 0.667. The van der Waals surface area contributed by atoms with Gasteiger partial charge < -0.3 is 10.5 Å². The molecule has 1 aliphatic rings. The van der Waals surface area contributed by atoms with Crippen molar-refractivity contribution in [3.05, 3.63) is 29.3 Å². The Morgan fingerprint density at radius 1 is 1.29 bits per heavy atom. The van der Waals surface area contributed by atoms with E-state index in [1.54, 1.807) is 0 Å². The van der Waals surface area contributed by atoms with E-state index in [1.807, 2.05) is 13.8 Å². The van der Waals surface area contributed by atoms with Crippen LogP contribution in [0.1, 0.15) is 57.2 Å². The maximum absolute atomic E-state index is 6.02. The number of nitrogens with zero attached hydrogens (tertiary/aromatic N) is 1. The predicted molar refractivity (Wildman–Crippen MR) is 88.5 cm³/mol. The molecule has 3 heteroatoms. The van der Waals surface area contributed by atoms with Crippen molar-refractivity contribution in [2.45, 2.75) is 52.6 Å². The van der Waals surface area contributed by atoms with Crippen LogP contribution in [0.15, 0.2) is 18.2 Å². The molecular weight excluding hydrogens is 260 g/mol. The number of nitrogens with two attached hydrogens (primary N) is 1. The van der Waals surface area contributed by atoms with Crippen LogP contribution < -0.4 is 10.5 Å². The van der Waals surface area contributed by atoms with E-state index in [2.05, 4.69) is 30.0 Å². The number of ether oxygens (including phenoxy) is 1. The Hall–Kier alpha value is -1.06. The smallest absolute Gasteiger partial charge is 0.123 e. The first-order valence-electron chi connectivity index (χ1n) is 8.37. The summed E-state index contributed by atoms with van der Waals surface area (Å²) in [4.78, 5) is 2.55. The third-order valence-corrected chi connectivity index (χ3v) is 4.59. The molecule has 1 aromatic rings. The minimum absolute atomic E-state index is 0.0743. The zero-order chi connectivity index (χ0) is 15.2. The number of hydrogen-bond acceptors (Lipinski definition) is 3. The molecule has 3 nitrogen and oxygen atoms in total. The van der Waals surface area contributed by atoms with Crippen molar-refractivity contribution in [3.8, 4) is 5.75 Å². The van der Waals surface area contributed by atoms with Gasteiger partial charge in [0.1, 0.15) is 5.75 Å². The standard InChI is InChI=1S/C18H30N2O/c1-4-15-8-10-20(11-9-15)13-17-12-16(14(3)19)6-7-18(17)21-5-2/h6-7,12,14-15H,4-5,8-11,13,19H2,1-3H3. The second-order valence-electron chi connectivity index (χ2n) is 6.22. The van der Waals surface area contributed by atoms with E-state index in [4.69, 9.17) is 10.5 Å². The normalized spacial score (nSPS) is 18.7. The van der Waals surface area contributed by atoms with Gasteiger partial charge in [-0.1, -0.05) is 19.4 Å². The summed E-state index contributed by atoms with van der Waals surface area (Å²) in [6.07, 6.45) is 3.97. The van der Waals surface area contributed by atoms with Crippen molar-refractivity contribution in [2.75, 3.05) is 19.7 Å². The zero-order valence-corrected chi connectivity index (χ0v) is 13.8. The molecule has 0 radical (unpaired) electrons. The van der Waals surface area contributed by atoms with Gasteiger partial charge in [0, 0.05) is 18.2 Å². The number of piperidine rings is 1. The predicted octanol–water partition coefficient (Wildman–Crippen LogP) is 3.73. The van der Waals surface area contributed by atoms with Crippen molar-refractivity contribution in [1.29, 1.82) is 0 Å². The van der Waals surface area contributed by atoms with Crippen LogP contribution in [0, 0.1) is 5.92 Å². The lowest BCUT2D eigenvalue weighted by atomic mass is 9.94. The Balaban J connectivity index is 2.08. The summed E-state index contributed by atoms with van der Waals surface area (Å²) < 4.78 is 5.79. The maximum atomic E-state index is 6.02. The molecular formula is C18H30N2O. The van der Waals surface area contributed by atoms with Crippen molar-refractivity contribution in [3.63, 3.8) is 0 Å². The lowest BCUT2D eigenvalue weighted by molar-refractivity contribution is 0.173. The topological polar surface area (TPSA) is 38.5 Å². The molecule has 118 valence electrons. The maximum Gasteiger partial charge on any atom is 0.123 e. The van der Waals surface area contributed by atoms with Crippen molar-refractivity contribution in [1.82, 2.24) is 4.90 Å². The van der Waals surface area contributed by atoms with Crippen molar-refractivity contribution < 1.29 is 4.74 Å². The molecule has 0 aromatic heterocycles. The summed E-state index contributed by atoms with van der Waals surface area (Å²) >= 11 is 0. The van der Waals surface area contributed by atoms with Gasteiger partial charge in [0.05, 0.1) is 6.61 Å². The molecule has 1 heterocycles. The van der Waals surface area contributed by atoms with E-state index in [0.717, 1.165) is 18.2 Å². The minimum Gasteiger partial charge on any atom is -0.494 e. The van der Waals surface area contributed by atoms with Crippen LogP contribution in [0.25, 0.3) is 0 Å². The highest BCUT2D eigenvalue weighted by molar-refractivity contribution is 5.38. The van der Waals surface area contributed by atoms with E-state index < -0.39 is 0 Å². The number of hydrogen-bond donors (Lipinski definition) is 1. The Morgan fingerprint density at radius 3 is 2.57 bits per heavy atom. The molecule has 2 rings (SSSR count). The summed E-state index contributed by atoms with van der Waals surface area (Å²) in [7, 11) is 0. The molecule has 21 heavy (non-hydrogen) atoms. The first-order valence-corrected chi connectivity index (χ1v) is 8.37. The van der Waals surface area contributed by atoms with Gasteiger partial charge in [-0.15, -0.1) is 0 Å². The molecule has 0 aliphatic carbocycles. The van der Waals surface area contributed by atoms with Crippen LogP contribution in [0.5, 0.6) is 5.75 Å². The quantitative estimate of drug-likeness (QED) is 0.867. The van der Waals surface area contributed by atoms with Crippen LogP contribution in [0.3, 0.4) is 0 Å². The number of benzene rings is 1. The highest BCUT2D eigenvalue weighted by Gasteiger charge is 2.19. The average Bonchev–Trinajstić information content (AvgIpc) is 2.50. The van der Waals surface area contributed by atoms with Crippen molar-refractivity contribution in [2.24, 2.45) is 11.7 Å². The minimum atomic E-state index is 0.0743. The van der Waals surface area contributed by atoms with E-state index in [-0.39, 0.29) is 6.04 Å². The third kappa shape index (κ3) is 4.45. The molecule has 1 saturated heterocycles. The van der Waals surface area contributed by atoms with Crippen LogP contribution in [0.4, 0.5) is 0 Å². The van der Waals surface area contributed by atoms with Crippen molar-refractivity contribution >= 4 is 0 Å². The Labute approximate surface area is 129 Å². The van der Waals surface area contributed by atoms with E-state index in [9.17, 15) is 0 Å². The summed E-state index contributed by atoms with van der Waals surface area (Å²) in [6.45, 7) is 10.5. The first kappa shape index (κ1) is 16.3. The number of rotatable bonds is 6. The second kappa shape index (κ2) is 7.81. The fourth-order valence-corrected chi connectivity index (χ4v) is 3.10. The van der Waals surface area contributed by atoms with Gasteiger partial charge in [-0.25, -0.2) is 0 Å². The Kier molecular flexibility index (Phi) is 6.07. The molecule has 0 amide bonds. The van der Waals surface area contributed by atoms with Gasteiger partial charge in [-0.3, -0.25) is 4.90 Å². The van der Waals surface area contributed by atoms with Crippen LogP contribution >= 0.6 is 0 Å². The van der Waals surface area contributed by atoms with Gasteiger partial charge in [-0.2, -0.15) is 0 Å². The van der Waals surface area contributed by atoms with Gasteiger partial charge >= 0.3 is 0 Å². The molecule has 1 aromatic carbocycles. The molecule has 2 N–H and O–H groups in total. The van der Waals surface area contributed by atoms with Gasteiger partial charge in [0.2, 0.25) is 0 Å². The van der Waals surface area contributed by atoms with Gasteiger partial charge in [-0.05, 0) is 63.4 Å². The molecule has 0 saturated carbocycles. The molecule has 1 aliphatic heterocycles. The fourth-order valence-electron chi connectivity index (χ4n) is 3.10. The summed E-state index contributed by atoms with van der Waals surface area (Å²) in [6, 6.07) is 6.46. The molecule has 1 unspecified atom stereocenters. The third-order valence-electron chi connectivity index (χ3n) is 4.59. The molecule has 0 spiro atoms. The highest BCUT2D eigenvalue weighted by Crippen LogP contribution is 2.27. The first-order chi connectivity index (χ1) is 10.1. The molecule has 0 bridgehead atoms. The summed E-state index contributed by atoms with van der Waals surface area (Å²) in [5.41, 5.74) is 8.49. The largest absolute Gasteiger partial charge is 0.494 e. The van der Waals surface area contributed by atoms with E-state index in [1.165, 1.54) is 43.5 Å². The molecule has 1 fully saturated rings. The lowest BCUT2D eigenvalue weighted by Crippen LogP contribution is -2.33. The lowest BCUT2D eigenvalue weighted by Gasteiger charge is -2.32. The summed E-state index contributed by atoms with van der Waals surface area (Å²) in [5, 5.41) is 0. The SMILES string of the molecule is CCOc1ccc(C(C)N)cc1CN1CCC(CC)CC1. The summed E-state index contributed by atoms with van der Waals surface area (Å²) in [5.74, 6) is 1.93. The van der Waals surface area contributed by atoms with Crippen LogP contribution in [0.2, 0.25) is 0 Å². The van der Waals surface area contributed by atoms with Crippen LogP contribution in [-0.2, 0) is 6.54 Å². The average molecular weight is 290 g/mol. The highest BCUT2D eigenvalue weighted by atomic mass is 16.5. The van der Waals surface area contributed by atoms with E-state index in [0.29, 0.717) is 6.61 Å². The number of likely N-dealkylation sites (tertiary alicyclic amines) is 1.